The number of hydrogen-bond donors (Lipinski definition) is 0. The van der Waals surface area contributed by atoms with Crippen molar-refractivity contribution in [2.24, 2.45) is 0 Å². The van der Waals surface area contributed by atoms with E-state index < -0.39 is 0 Å². The summed E-state index contributed by atoms with van der Waals surface area (Å²) in [5.41, 5.74) is 22.0. The van der Waals surface area contributed by atoms with Gasteiger partial charge in [0.1, 0.15) is 0 Å². The number of aromatic nitrogens is 1. The fraction of sp³-hybridized carbons (Fsp3) is 0.200. The molecule has 0 aliphatic rings. The number of hydrogen-bond acceptors (Lipinski definition) is 1. The minimum absolute atomic E-state index is 0.0122. The Kier molecular flexibility index (Phi) is 12.5. The van der Waals surface area contributed by atoms with Crippen LogP contribution in [0.25, 0.3) is 104 Å². The van der Waals surface area contributed by atoms with E-state index in [1.54, 1.807) is 0 Å². The highest BCUT2D eigenvalue weighted by molar-refractivity contribution is 6.27. The molecule has 0 bridgehead atoms. The third kappa shape index (κ3) is 9.23. The lowest BCUT2D eigenvalue weighted by Crippen LogP contribution is -2.11. The normalized spacial score (nSPS) is 12.6. The fourth-order valence-electron chi connectivity index (χ4n) is 12.7. The lowest BCUT2D eigenvalue weighted by molar-refractivity contribution is 0.590. The zero-order valence-corrected chi connectivity index (χ0v) is 49.8. The van der Waals surface area contributed by atoms with Gasteiger partial charge in [0.15, 0.2) is 0 Å². The quantitative estimate of drug-likeness (QED) is 0.138. The van der Waals surface area contributed by atoms with Crippen molar-refractivity contribution in [1.82, 2.24) is 4.57 Å². The SMILES string of the molecule is CC(C)(C)c1ccc(-c2ccccc2-c2cccc(N(c3cccc(-c4ccccc4-c4ccc(C(C)(C)C)cc4)c3)c3ccc4ccc5c(-n6c7ccc(C(C)(C)C)cc7c7cc(C(C)(C)C)ccc76)ccc6ccc3c4c65)c2)cc1. The first-order valence-electron chi connectivity index (χ1n) is 29.4. The van der Waals surface area contributed by atoms with Crippen LogP contribution in [0.1, 0.15) is 105 Å². The van der Waals surface area contributed by atoms with Crippen LogP contribution in [-0.2, 0) is 21.7 Å². The van der Waals surface area contributed by atoms with Crippen molar-refractivity contribution in [2.45, 2.75) is 105 Å². The standard InChI is InChI=1S/C80H74N2/c1-77(2,3)57-35-27-51(28-36-57)63-23-13-15-25-65(63)55-19-17-21-61(47-55)81(62-22-18-20-56(48-62)66-26-16-14-24-64(66)52-29-37-58(38-30-52)78(4,5)6)71-43-33-53-32-42-68-72(44-34-54-31-41-67(71)75(53)76(54)68)82-73-45-39-59(79(7,8)9)49-69(73)70-50-60(80(10,11)12)40-46-74(70)82/h13-50H,1-12H3. The van der Waals surface area contributed by atoms with E-state index in [0.29, 0.717) is 0 Å². The van der Waals surface area contributed by atoms with Crippen LogP contribution in [0.15, 0.2) is 231 Å². The van der Waals surface area contributed by atoms with Gasteiger partial charge in [0.05, 0.1) is 22.4 Å². The van der Waals surface area contributed by atoms with Gasteiger partial charge in [-0.3, -0.25) is 0 Å². The minimum atomic E-state index is 0.0122. The van der Waals surface area contributed by atoms with Gasteiger partial charge in [0.2, 0.25) is 0 Å². The van der Waals surface area contributed by atoms with E-state index in [1.807, 2.05) is 0 Å². The molecule has 13 rings (SSSR count). The Morgan fingerprint density at radius 3 is 1.10 bits per heavy atom. The summed E-state index contributed by atoms with van der Waals surface area (Å²) in [5.74, 6) is 0. The molecule has 0 saturated heterocycles. The summed E-state index contributed by atoms with van der Waals surface area (Å²) in [6.45, 7) is 27.6. The number of anilines is 3. The number of nitrogens with zero attached hydrogens (tertiary/aromatic N) is 2. The fourth-order valence-corrected chi connectivity index (χ4v) is 12.7. The van der Waals surface area contributed by atoms with Crippen LogP contribution in [0, 0.1) is 0 Å². The van der Waals surface area contributed by atoms with Crippen molar-refractivity contribution in [1.29, 1.82) is 0 Å². The Morgan fingerprint density at radius 1 is 0.280 bits per heavy atom. The maximum atomic E-state index is 2.53. The van der Waals surface area contributed by atoms with Crippen molar-refractivity contribution in [2.75, 3.05) is 4.90 Å². The van der Waals surface area contributed by atoms with E-state index in [2.05, 4.69) is 323 Å². The van der Waals surface area contributed by atoms with Crippen LogP contribution in [0.4, 0.5) is 17.1 Å². The summed E-state index contributed by atoms with van der Waals surface area (Å²) in [7, 11) is 0. The van der Waals surface area contributed by atoms with Gasteiger partial charge in [-0.15, -0.1) is 0 Å². The molecule has 13 aromatic rings. The van der Waals surface area contributed by atoms with Gasteiger partial charge < -0.3 is 9.47 Å². The minimum Gasteiger partial charge on any atom is -0.310 e. The zero-order chi connectivity index (χ0) is 57.0. The van der Waals surface area contributed by atoms with Crippen molar-refractivity contribution in [3.05, 3.63) is 253 Å². The summed E-state index contributed by atoms with van der Waals surface area (Å²) >= 11 is 0. The predicted octanol–water partition coefficient (Wildman–Crippen LogP) is 23.0. The number of benzene rings is 12. The Hall–Kier alpha value is -8.72. The average molecular weight is 1060 g/mol. The molecule has 0 saturated carbocycles. The van der Waals surface area contributed by atoms with Crippen molar-refractivity contribution in [3.8, 4) is 50.2 Å². The molecule has 0 unspecified atom stereocenters. The molecule has 0 fully saturated rings. The molecule has 0 N–H and O–H groups in total. The Balaban J connectivity index is 1.02. The maximum absolute atomic E-state index is 2.53. The molecule has 0 amide bonds. The van der Waals surface area contributed by atoms with Crippen LogP contribution >= 0.6 is 0 Å². The van der Waals surface area contributed by atoms with Crippen LogP contribution in [-0.4, -0.2) is 4.57 Å². The Bertz CT molecular complexity index is 4360. The van der Waals surface area contributed by atoms with Gasteiger partial charge in [-0.25, -0.2) is 0 Å². The molecule has 1 heterocycles. The lowest BCUT2D eigenvalue weighted by atomic mass is 9.85. The first kappa shape index (κ1) is 52.6. The first-order chi connectivity index (χ1) is 39.2. The molecule has 0 aliphatic carbocycles. The van der Waals surface area contributed by atoms with E-state index in [0.717, 1.165) is 28.2 Å². The highest BCUT2D eigenvalue weighted by atomic mass is 15.1. The van der Waals surface area contributed by atoms with E-state index in [9.17, 15) is 0 Å². The monoisotopic (exact) mass is 1060 g/mol. The molecule has 2 nitrogen and oxygen atoms in total. The maximum Gasteiger partial charge on any atom is 0.0541 e. The highest BCUT2D eigenvalue weighted by Gasteiger charge is 2.25. The molecule has 404 valence electrons. The van der Waals surface area contributed by atoms with Crippen molar-refractivity contribution < 1.29 is 0 Å². The van der Waals surface area contributed by atoms with Gasteiger partial charge in [0.25, 0.3) is 0 Å². The molecule has 0 atom stereocenters. The second kappa shape index (κ2) is 19.5. The van der Waals surface area contributed by atoms with E-state index >= 15 is 0 Å². The van der Waals surface area contributed by atoms with E-state index in [1.165, 1.54) is 115 Å². The highest BCUT2D eigenvalue weighted by Crippen LogP contribution is 2.48. The molecule has 2 heteroatoms. The smallest absolute Gasteiger partial charge is 0.0541 e. The average Bonchev–Trinajstić information content (AvgIpc) is 1.76. The summed E-state index contributed by atoms with van der Waals surface area (Å²) in [6, 6.07) is 87.7. The molecule has 0 radical (unpaired) electrons. The number of rotatable bonds is 8. The molecule has 0 spiro atoms. The summed E-state index contributed by atoms with van der Waals surface area (Å²) in [6.07, 6.45) is 0. The van der Waals surface area contributed by atoms with E-state index in [4.69, 9.17) is 0 Å². The van der Waals surface area contributed by atoms with Gasteiger partial charge in [-0.2, -0.15) is 0 Å². The Labute approximate surface area is 485 Å². The number of fused-ring (bicyclic) bond motifs is 3. The lowest BCUT2D eigenvalue weighted by Gasteiger charge is -2.29. The topological polar surface area (TPSA) is 8.17 Å². The van der Waals surface area contributed by atoms with Gasteiger partial charge in [0, 0.05) is 32.9 Å². The molecule has 12 aromatic carbocycles. The van der Waals surface area contributed by atoms with Crippen LogP contribution in [0.3, 0.4) is 0 Å². The first-order valence-corrected chi connectivity index (χ1v) is 29.4. The summed E-state index contributed by atoms with van der Waals surface area (Å²) < 4.78 is 2.53. The summed E-state index contributed by atoms with van der Waals surface area (Å²) in [4.78, 5) is 2.51. The van der Waals surface area contributed by atoms with Gasteiger partial charge in [-0.05, 0) is 171 Å². The van der Waals surface area contributed by atoms with Gasteiger partial charge in [-0.1, -0.05) is 253 Å². The van der Waals surface area contributed by atoms with Crippen molar-refractivity contribution in [3.63, 3.8) is 0 Å². The van der Waals surface area contributed by atoms with Crippen LogP contribution in [0.5, 0.6) is 0 Å². The van der Waals surface area contributed by atoms with Gasteiger partial charge >= 0.3 is 0 Å². The second-order valence-corrected chi connectivity index (χ2v) is 27.1. The third-order valence-corrected chi connectivity index (χ3v) is 17.4. The molecule has 0 aliphatic heterocycles. The molecular weight excluding hydrogens is 989 g/mol. The third-order valence-electron chi connectivity index (χ3n) is 17.4. The van der Waals surface area contributed by atoms with Crippen LogP contribution in [0.2, 0.25) is 0 Å². The zero-order valence-electron chi connectivity index (χ0n) is 49.8. The molecule has 1 aromatic heterocycles. The Morgan fingerprint density at radius 2 is 0.659 bits per heavy atom. The molecular formula is C80H74N2. The molecule has 82 heavy (non-hydrogen) atoms. The largest absolute Gasteiger partial charge is 0.310 e. The summed E-state index contributed by atoms with van der Waals surface area (Å²) in [5, 5.41) is 10.0. The van der Waals surface area contributed by atoms with Crippen LogP contribution < -0.4 is 4.90 Å². The van der Waals surface area contributed by atoms with Crippen molar-refractivity contribution >= 4 is 71.2 Å². The predicted molar refractivity (Wildman–Crippen MR) is 356 cm³/mol. The van der Waals surface area contributed by atoms with E-state index in [-0.39, 0.29) is 21.7 Å². The second-order valence-electron chi connectivity index (χ2n) is 27.1.